The molecule has 13 nitrogen and oxygen atoms in total. The highest BCUT2D eigenvalue weighted by Gasteiger charge is 2.42. The zero-order valence-corrected chi connectivity index (χ0v) is 32.9. The van der Waals surface area contributed by atoms with Gasteiger partial charge >= 0.3 is 6.09 Å². The van der Waals surface area contributed by atoms with E-state index in [1.54, 1.807) is 18.1 Å². The number of benzene rings is 1. The summed E-state index contributed by atoms with van der Waals surface area (Å²) in [5.41, 5.74) is 1.05. The number of rotatable bonds is 19. The van der Waals surface area contributed by atoms with Crippen molar-refractivity contribution in [3.05, 3.63) is 46.6 Å². The fourth-order valence-corrected chi connectivity index (χ4v) is 8.19. The minimum atomic E-state index is -0.813. The predicted molar refractivity (Wildman–Crippen MR) is 209 cm³/mol. The number of carbonyl (C=O) groups is 4. The van der Waals surface area contributed by atoms with Crippen LogP contribution in [-0.2, 0) is 25.5 Å². The topological polar surface area (TPSA) is 168 Å². The molecule has 1 saturated heterocycles. The molecule has 4 amide bonds. The molecule has 1 aliphatic heterocycles. The zero-order valence-electron chi connectivity index (χ0n) is 32.1. The number of hydrogen-bond donors (Lipinski definition) is 4. The lowest BCUT2D eigenvalue weighted by molar-refractivity contribution is -0.141. The molecule has 14 heteroatoms. The number of carbonyl (C=O) groups excluding carboxylic acids is 4. The second-order valence-corrected chi connectivity index (χ2v) is 16.6. The van der Waals surface area contributed by atoms with Crippen LogP contribution in [0.25, 0.3) is 10.9 Å². The number of H-pyrrole nitrogens is 1. The molecule has 2 saturated carbocycles. The highest BCUT2D eigenvalue weighted by molar-refractivity contribution is 7.98. The van der Waals surface area contributed by atoms with E-state index >= 15 is 0 Å². The van der Waals surface area contributed by atoms with Crippen molar-refractivity contribution >= 4 is 46.7 Å². The molecule has 2 unspecified atom stereocenters. The third-order valence-corrected chi connectivity index (χ3v) is 11.7. The van der Waals surface area contributed by atoms with Crippen LogP contribution in [0.15, 0.2) is 35.6 Å². The van der Waals surface area contributed by atoms with Crippen LogP contribution in [0.3, 0.4) is 0 Å². The van der Waals surface area contributed by atoms with E-state index in [1.807, 2.05) is 32.9 Å². The summed E-state index contributed by atoms with van der Waals surface area (Å²) >= 11 is 1.38. The average Bonchev–Trinajstić information content (AvgIpc) is 3.56. The van der Waals surface area contributed by atoms with E-state index in [0.29, 0.717) is 60.2 Å². The molecule has 0 spiro atoms. The summed E-state index contributed by atoms with van der Waals surface area (Å²) in [4.78, 5) is 71.3. The van der Waals surface area contributed by atoms with Crippen molar-refractivity contribution in [2.45, 2.75) is 121 Å². The van der Waals surface area contributed by atoms with E-state index < -0.39 is 24.2 Å². The lowest BCUT2D eigenvalue weighted by Gasteiger charge is -2.32. The second-order valence-electron chi connectivity index (χ2n) is 15.5. The van der Waals surface area contributed by atoms with Gasteiger partial charge in [0, 0.05) is 29.3 Å². The van der Waals surface area contributed by atoms with Gasteiger partial charge in [-0.25, -0.2) is 4.79 Å². The molecule has 2 aliphatic carbocycles. The van der Waals surface area contributed by atoms with Gasteiger partial charge in [0.25, 0.3) is 5.91 Å². The maximum Gasteiger partial charge on any atom is 0.407 e. The van der Waals surface area contributed by atoms with E-state index in [0.717, 1.165) is 56.9 Å². The minimum Gasteiger partial charge on any atom is -0.496 e. The van der Waals surface area contributed by atoms with Gasteiger partial charge in [-0.15, -0.1) is 6.58 Å². The number of aromatic amines is 1. The van der Waals surface area contributed by atoms with Gasteiger partial charge in [0.1, 0.15) is 23.9 Å². The highest BCUT2D eigenvalue weighted by atomic mass is 32.2. The molecule has 3 fully saturated rings. The molecule has 54 heavy (non-hydrogen) atoms. The number of fused-ring (bicyclic) bond motifs is 1. The van der Waals surface area contributed by atoms with Crippen LogP contribution in [0.5, 0.6) is 11.6 Å². The standard InChI is InChI=1S/C40H57N5O8S/c1-6-12-29(36(47)44-54-27-17-18-27)42-37(48)31-16-11-20-45(31)38(49)35(25-13-8-9-14-25)43-39(50)53-24-40(3,4)19-10-15-26-21-28-30(22-33(26)51-5)41-34(52-7-2)23-32(28)46/h6,21-23,25,27,29,31,35H,1,7-20,24H2,2-5H3,(H,41,46)(H,42,48)(H,43,50)(H,44,47)/t29?,31?,35-/m0/s1. The first-order valence-electron chi connectivity index (χ1n) is 19.4. The Morgan fingerprint density at radius 3 is 2.52 bits per heavy atom. The van der Waals surface area contributed by atoms with Gasteiger partial charge < -0.3 is 34.7 Å². The van der Waals surface area contributed by atoms with Crippen molar-refractivity contribution < 1.29 is 33.4 Å². The van der Waals surface area contributed by atoms with E-state index in [4.69, 9.17) is 14.2 Å². The molecular weight excluding hydrogens is 711 g/mol. The summed E-state index contributed by atoms with van der Waals surface area (Å²) < 4.78 is 19.7. The van der Waals surface area contributed by atoms with Crippen LogP contribution >= 0.6 is 11.9 Å². The van der Waals surface area contributed by atoms with Crippen LogP contribution in [0.1, 0.15) is 97.0 Å². The van der Waals surface area contributed by atoms with E-state index in [1.165, 1.54) is 18.0 Å². The molecule has 296 valence electrons. The van der Waals surface area contributed by atoms with Crippen molar-refractivity contribution in [3.63, 3.8) is 0 Å². The summed E-state index contributed by atoms with van der Waals surface area (Å²) in [6, 6.07) is 2.81. The maximum atomic E-state index is 14.1. The largest absolute Gasteiger partial charge is 0.496 e. The van der Waals surface area contributed by atoms with Gasteiger partial charge in [-0.1, -0.05) is 32.8 Å². The second kappa shape index (κ2) is 18.9. The summed E-state index contributed by atoms with van der Waals surface area (Å²) in [6.07, 6.45) is 10.1. The Kier molecular flexibility index (Phi) is 14.3. The molecular formula is C40H57N5O8S. The van der Waals surface area contributed by atoms with Crippen LogP contribution < -0.4 is 30.3 Å². The summed E-state index contributed by atoms with van der Waals surface area (Å²) in [5, 5.41) is 6.73. The number of alkyl carbamates (subject to hydrolysis) is 1. The van der Waals surface area contributed by atoms with E-state index in [2.05, 4.69) is 26.9 Å². The summed E-state index contributed by atoms with van der Waals surface area (Å²) in [6.45, 7) is 10.6. The molecule has 4 N–H and O–H groups in total. The Bertz CT molecular complexity index is 1720. The SMILES string of the molecule is C=CCC(NC(=O)C1CCCN1C(=O)[C@@H](NC(=O)OCC(C)(C)CCCc1cc2c(=O)cc(OCC)[nH]c2cc1OC)C1CCCC1)C(=O)NSC1CC1. The number of methoxy groups -OCH3 is 1. The van der Waals surface area contributed by atoms with Crippen molar-refractivity contribution in [1.29, 1.82) is 0 Å². The van der Waals surface area contributed by atoms with Gasteiger partial charge in [0.15, 0.2) is 11.3 Å². The fourth-order valence-electron chi connectivity index (χ4n) is 7.39. The molecule has 3 atom stereocenters. The number of hydrogen-bond acceptors (Lipinski definition) is 9. The van der Waals surface area contributed by atoms with Crippen molar-refractivity contribution in [1.82, 2.24) is 25.2 Å². The number of nitrogens with one attached hydrogen (secondary N) is 4. The van der Waals surface area contributed by atoms with Crippen LogP contribution in [0.4, 0.5) is 4.79 Å². The number of ether oxygens (including phenoxy) is 3. The maximum absolute atomic E-state index is 14.1. The number of pyridine rings is 1. The molecule has 1 aromatic carbocycles. The van der Waals surface area contributed by atoms with Crippen molar-refractivity contribution in [3.8, 4) is 11.6 Å². The Morgan fingerprint density at radius 1 is 1.07 bits per heavy atom. The van der Waals surface area contributed by atoms with Gasteiger partial charge in [-0.05, 0) is 106 Å². The third kappa shape index (κ3) is 10.9. The Balaban J connectivity index is 1.16. The first-order chi connectivity index (χ1) is 25.9. The van der Waals surface area contributed by atoms with Gasteiger partial charge in [0.2, 0.25) is 11.8 Å². The molecule has 1 aromatic heterocycles. The van der Waals surface area contributed by atoms with Crippen LogP contribution in [0.2, 0.25) is 0 Å². The lowest BCUT2D eigenvalue weighted by atomic mass is 9.87. The molecule has 2 heterocycles. The van der Waals surface area contributed by atoms with E-state index in [-0.39, 0.29) is 47.5 Å². The molecule has 5 rings (SSSR count). The predicted octanol–water partition coefficient (Wildman–Crippen LogP) is 5.55. The first kappa shape index (κ1) is 41.0. The normalized spacial score (nSPS) is 18.5. The number of nitrogens with zero attached hydrogens (tertiary/aromatic N) is 1. The van der Waals surface area contributed by atoms with E-state index in [9.17, 15) is 24.0 Å². The third-order valence-electron chi connectivity index (χ3n) is 10.5. The summed E-state index contributed by atoms with van der Waals surface area (Å²) in [7, 11) is 1.60. The van der Waals surface area contributed by atoms with Crippen LogP contribution in [0, 0.1) is 11.3 Å². The monoisotopic (exact) mass is 767 g/mol. The number of aryl methyl sites for hydroxylation is 1. The smallest absolute Gasteiger partial charge is 0.407 e. The minimum absolute atomic E-state index is 0.0592. The summed E-state index contributed by atoms with van der Waals surface area (Å²) in [5.74, 6) is 0.0750. The quantitative estimate of drug-likeness (QED) is 0.106. The van der Waals surface area contributed by atoms with Gasteiger partial charge in [-0.2, -0.15) is 0 Å². The fraction of sp³-hybridized carbons (Fsp3) is 0.625. The average molecular weight is 768 g/mol. The van der Waals surface area contributed by atoms with Crippen molar-refractivity contribution in [2.75, 3.05) is 26.9 Å². The molecule has 3 aliphatic rings. The number of aromatic nitrogens is 1. The zero-order chi connectivity index (χ0) is 38.8. The van der Waals surface area contributed by atoms with Crippen LogP contribution in [-0.4, -0.2) is 83.9 Å². The van der Waals surface area contributed by atoms with Gasteiger partial charge in [0.05, 0.1) is 25.8 Å². The molecule has 2 aromatic rings. The Labute approximate surface area is 322 Å². The number of amides is 4. The Morgan fingerprint density at radius 2 is 1.83 bits per heavy atom. The highest BCUT2D eigenvalue weighted by Crippen LogP contribution is 2.33. The Hall–Kier alpha value is -4.20. The molecule has 0 bridgehead atoms. The number of likely N-dealkylation sites (tertiary alicyclic amines) is 1. The lowest BCUT2D eigenvalue weighted by Crippen LogP contribution is -2.57. The molecule has 0 radical (unpaired) electrons. The van der Waals surface area contributed by atoms with Gasteiger partial charge in [-0.3, -0.25) is 23.9 Å². The van der Waals surface area contributed by atoms with Crippen molar-refractivity contribution in [2.24, 2.45) is 11.3 Å². The first-order valence-corrected chi connectivity index (χ1v) is 20.3.